The van der Waals surface area contributed by atoms with Gasteiger partial charge in [-0.1, -0.05) is 6.92 Å². The van der Waals surface area contributed by atoms with E-state index in [-0.39, 0.29) is 11.9 Å². The first kappa shape index (κ1) is 19.2. The van der Waals surface area contributed by atoms with Crippen molar-refractivity contribution in [1.82, 2.24) is 20.0 Å². The summed E-state index contributed by atoms with van der Waals surface area (Å²) in [7, 11) is 0. The summed E-state index contributed by atoms with van der Waals surface area (Å²) in [5.74, 6) is 1.38. The van der Waals surface area contributed by atoms with Gasteiger partial charge in [0, 0.05) is 32.7 Å². The number of carbonyl (C=O) groups is 2. The van der Waals surface area contributed by atoms with E-state index in [1.807, 2.05) is 0 Å². The Morgan fingerprint density at radius 2 is 1.67 bits per heavy atom. The van der Waals surface area contributed by atoms with Gasteiger partial charge in [0.1, 0.15) is 5.54 Å². The summed E-state index contributed by atoms with van der Waals surface area (Å²) >= 11 is 0. The maximum Gasteiger partial charge on any atom is 0.326 e. The third-order valence-electron chi connectivity index (χ3n) is 7.04. The first-order valence-electron chi connectivity index (χ1n) is 10.7. The van der Waals surface area contributed by atoms with E-state index in [2.05, 4.69) is 22.0 Å². The number of piperidine rings is 1. The second kappa shape index (κ2) is 8.05. The van der Waals surface area contributed by atoms with Gasteiger partial charge in [-0.15, -0.1) is 0 Å². The number of rotatable bonds is 4. The van der Waals surface area contributed by atoms with Crippen LogP contribution in [-0.2, 0) is 9.53 Å². The molecule has 3 heterocycles. The van der Waals surface area contributed by atoms with E-state index in [4.69, 9.17) is 4.74 Å². The molecular weight excluding hydrogens is 344 g/mol. The molecule has 27 heavy (non-hydrogen) atoms. The number of hydrogen-bond donors (Lipinski definition) is 1. The van der Waals surface area contributed by atoms with Gasteiger partial charge in [-0.25, -0.2) is 9.69 Å². The van der Waals surface area contributed by atoms with Crippen LogP contribution in [0.25, 0.3) is 0 Å². The van der Waals surface area contributed by atoms with Gasteiger partial charge in [-0.3, -0.25) is 14.6 Å². The Morgan fingerprint density at radius 1 is 1.00 bits per heavy atom. The molecule has 1 N–H and O–H groups in total. The smallest absolute Gasteiger partial charge is 0.326 e. The summed E-state index contributed by atoms with van der Waals surface area (Å²) in [5.41, 5.74) is -0.613. The molecule has 0 unspecified atom stereocenters. The average molecular weight is 379 g/mol. The van der Waals surface area contributed by atoms with Crippen LogP contribution in [-0.4, -0.2) is 84.8 Å². The molecule has 0 aromatic heterocycles. The maximum absolute atomic E-state index is 13.0. The zero-order valence-electron chi connectivity index (χ0n) is 16.6. The molecule has 3 amide bonds. The number of urea groups is 1. The predicted octanol–water partition coefficient (Wildman–Crippen LogP) is 1.49. The summed E-state index contributed by atoms with van der Waals surface area (Å²) in [6.45, 7) is 9.57. The normalized spacial score (nSPS) is 34.4. The number of nitrogens with zero attached hydrogens (tertiary/aromatic N) is 3. The minimum absolute atomic E-state index is 0.00911. The van der Waals surface area contributed by atoms with Crippen molar-refractivity contribution in [3.8, 4) is 0 Å². The number of imide groups is 1. The van der Waals surface area contributed by atoms with Crippen LogP contribution in [0.2, 0.25) is 0 Å². The fourth-order valence-electron chi connectivity index (χ4n) is 5.06. The molecular formula is C20H34N4O3. The summed E-state index contributed by atoms with van der Waals surface area (Å²) < 4.78 is 5.43. The zero-order chi connectivity index (χ0) is 18.9. The zero-order valence-corrected chi connectivity index (χ0v) is 16.6. The highest BCUT2D eigenvalue weighted by Gasteiger charge is 2.52. The Hall–Kier alpha value is -1.18. The molecule has 0 aromatic rings. The summed E-state index contributed by atoms with van der Waals surface area (Å²) in [6.07, 6.45) is 5.90. The van der Waals surface area contributed by atoms with Crippen LogP contribution < -0.4 is 5.32 Å². The van der Waals surface area contributed by atoms with E-state index in [1.165, 1.54) is 4.90 Å². The maximum atomic E-state index is 13.0. The third kappa shape index (κ3) is 4.15. The number of nitrogens with one attached hydrogen (secondary N) is 1. The van der Waals surface area contributed by atoms with Crippen molar-refractivity contribution < 1.29 is 14.3 Å². The number of amides is 3. The number of morpholine rings is 1. The topological polar surface area (TPSA) is 65.1 Å². The van der Waals surface area contributed by atoms with Crippen molar-refractivity contribution in [2.75, 3.05) is 52.6 Å². The quantitative estimate of drug-likeness (QED) is 0.751. The van der Waals surface area contributed by atoms with E-state index >= 15 is 0 Å². The van der Waals surface area contributed by atoms with Crippen LogP contribution in [0.3, 0.4) is 0 Å². The molecule has 7 heteroatoms. The number of hydrogen-bond acceptors (Lipinski definition) is 5. The highest BCUT2D eigenvalue weighted by Crippen LogP contribution is 2.36. The van der Waals surface area contributed by atoms with Crippen molar-refractivity contribution in [2.45, 2.75) is 51.0 Å². The highest BCUT2D eigenvalue weighted by atomic mass is 16.5. The van der Waals surface area contributed by atoms with Crippen LogP contribution in [0.5, 0.6) is 0 Å². The molecule has 4 aliphatic rings. The lowest BCUT2D eigenvalue weighted by molar-refractivity contribution is -0.134. The molecule has 3 aliphatic heterocycles. The minimum Gasteiger partial charge on any atom is -0.379 e. The number of likely N-dealkylation sites (tertiary alicyclic amines) is 1. The fourth-order valence-corrected chi connectivity index (χ4v) is 5.06. The molecule has 1 saturated carbocycles. The molecule has 4 rings (SSSR count). The van der Waals surface area contributed by atoms with Gasteiger partial charge in [0.05, 0.1) is 19.9 Å². The molecule has 1 aliphatic carbocycles. The number of carbonyl (C=O) groups excluding carboxylic acids is 2. The molecule has 152 valence electrons. The van der Waals surface area contributed by atoms with Crippen molar-refractivity contribution in [3.63, 3.8) is 0 Å². The van der Waals surface area contributed by atoms with Crippen molar-refractivity contribution in [1.29, 1.82) is 0 Å². The SMILES string of the molecule is CC1CCC2(CC1)NC(=O)N(CN1CCC(CN3CCOCC3)CC1)C2=O. The average Bonchev–Trinajstić information content (AvgIpc) is 2.91. The minimum atomic E-state index is -0.613. The number of ether oxygens (including phenoxy) is 1. The van der Waals surface area contributed by atoms with E-state index in [0.29, 0.717) is 18.5 Å². The van der Waals surface area contributed by atoms with Crippen LogP contribution in [0, 0.1) is 11.8 Å². The van der Waals surface area contributed by atoms with Crippen molar-refractivity contribution >= 4 is 11.9 Å². The standard InChI is InChI=1S/C20H34N4O3/c1-16-2-6-20(7-3-16)18(25)24(19(26)21-20)15-23-8-4-17(5-9-23)14-22-10-12-27-13-11-22/h16-17H,2-15H2,1H3,(H,21,26). The Morgan fingerprint density at radius 3 is 2.33 bits per heavy atom. The summed E-state index contributed by atoms with van der Waals surface area (Å²) in [5, 5.41) is 3.03. The molecule has 0 atom stereocenters. The van der Waals surface area contributed by atoms with Crippen LogP contribution in [0.1, 0.15) is 45.4 Å². The first-order chi connectivity index (χ1) is 13.1. The van der Waals surface area contributed by atoms with Crippen LogP contribution >= 0.6 is 0 Å². The Labute approximate surface area is 162 Å². The van der Waals surface area contributed by atoms with Gasteiger partial charge in [0.15, 0.2) is 0 Å². The Bertz CT molecular complexity index is 547. The van der Waals surface area contributed by atoms with Gasteiger partial charge in [-0.2, -0.15) is 0 Å². The van der Waals surface area contributed by atoms with E-state index < -0.39 is 5.54 Å². The molecule has 0 radical (unpaired) electrons. The summed E-state index contributed by atoms with van der Waals surface area (Å²) in [6, 6.07) is -0.190. The monoisotopic (exact) mass is 378 g/mol. The van der Waals surface area contributed by atoms with Gasteiger partial charge >= 0.3 is 6.03 Å². The first-order valence-corrected chi connectivity index (χ1v) is 10.7. The van der Waals surface area contributed by atoms with Crippen LogP contribution in [0.15, 0.2) is 0 Å². The lowest BCUT2D eigenvalue weighted by atomic mass is 9.77. The molecule has 7 nitrogen and oxygen atoms in total. The predicted molar refractivity (Wildman–Crippen MR) is 102 cm³/mol. The van der Waals surface area contributed by atoms with Gasteiger partial charge in [-0.05, 0) is 50.4 Å². The van der Waals surface area contributed by atoms with E-state index in [9.17, 15) is 9.59 Å². The third-order valence-corrected chi connectivity index (χ3v) is 7.04. The van der Waals surface area contributed by atoms with Crippen LogP contribution in [0.4, 0.5) is 4.79 Å². The fraction of sp³-hybridized carbons (Fsp3) is 0.900. The molecule has 0 bridgehead atoms. The molecule has 4 fully saturated rings. The molecule has 0 aromatic carbocycles. The van der Waals surface area contributed by atoms with Gasteiger partial charge < -0.3 is 10.1 Å². The molecule has 3 saturated heterocycles. The summed E-state index contributed by atoms with van der Waals surface area (Å²) in [4.78, 5) is 31.7. The lowest BCUT2D eigenvalue weighted by Crippen LogP contribution is -2.50. The Balaban J connectivity index is 1.26. The van der Waals surface area contributed by atoms with E-state index in [0.717, 1.165) is 84.5 Å². The van der Waals surface area contributed by atoms with Crippen molar-refractivity contribution in [3.05, 3.63) is 0 Å². The highest BCUT2D eigenvalue weighted by molar-refractivity contribution is 6.07. The van der Waals surface area contributed by atoms with E-state index in [1.54, 1.807) is 0 Å². The lowest BCUT2D eigenvalue weighted by Gasteiger charge is -2.37. The molecule has 1 spiro atoms. The van der Waals surface area contributed by atoms with Gasteiger partial charge in [0.25, 0.3) is 5.91 Å². The second-order valence-corrected chi connectivity index (χ2v) is 9.04. The van der Waals surface area contributed by atoms with Gasteiger partial charge in [0.2, 0.25) is 0 Å². The second-order valence-electron chi connectivity index (χ2n) is 9.04. The Kier molecular flexibility index (Phi) is 5.71. The largest absolute Gasteiger partial charge is 0.379 e. The van der Waals surface area contributed by atoms with Crippen molar-refractivity contribution in [2.24, 2.45) is 11.8 Å².